The average Bonchev–Trinajstić information content (AvgIpc) is 2.15. The Morgan fingerprint density at radius 2 is 2.38 bits per heavy atom. The van der Waals surface area contributed by atoms with Gasteiger partial charge in [-0.3, -0.25) is 0 Å². The number of ether oxygens (including phenoxy) is 1. The summed E-state index contributed by atoms with van der Waals surface area (Å²) < 4.78 is 5.00. The standard InChI is InChI=1S/C9H8ClNOS/c1-12-9-3-2-7(6-8(9)10)13-5-4-11/h2-3,6H,5H2,1H3. The second kappa shape index (κ2) is 5.00. The van der Waals surface area contributed by atoms with Gasteiger partial charge in [-0.05, 0) is 18.2 Å². The third-order valence-electron chi connectivity index (χ3n) is 1.43. The second-order valence-corrected chi connectivity index (χ2v) is 3.70. The van der Waals surface area contributed by atoms with Crippen molar-refractivity contribution in [3.63, 3.8) is 0 Å². The van der Waals surface area contributed by atoms with E-state index in [0.29, 0.717) is 16.5 Å². The van der Waals surface area contributed by atoms with Gasteiger partial charge < -0.3 is 4.74 Å². The Labute approximate surface area is 86.5 Å². The van der Waals surface area contributed by atoms with Gasteiger partial charge >= 0.3 is 0 Å². The van der Waals surface area contributed by atoms with Crippen molar-refractivity contribution in [3.05, 3.63) is 23.2 Å². The monoisotopic (exact) mass is 213 g/mol. The molecule has 0 N–H and O–H groups in total. The molecule has 0 atom stereocenters. The summed E-state index contributed by atoms with van der Waals surface area (Å²) in [5.41, 5.74) is 0. The number of hydrogen-bond donors (Lipinski definition) is 0. The third kappa shape index (κ3) is 2.83. The number of hydrogen-bond acceptors (Lipinski definition) is 3. The highest BCUT2D eigenvalue weighted by Crippen LogP contribution is 2.29. The maximum absolute atomic E-state index is 8.37. The summed E-state index contributed by atoms with van der Waals surface area (Å²) in [6.07, 6.45) is 0. The fourth-order valence-corrected chi connectivity index (χ4v) is 1.77. The van der Waals surface area contributed by atoms with Crippen molar-refractivity contribution in [2.75, 3.05) is 12.9 Å². The molecule has 0 spiro atoms. The highest BCUT2D eigenvalue weighted by Gasteiger charge is 2.01. The number of halogens is 1. The van der Waals surface area contributed by atoms with Crippen molar-refractivity contribution in [2.24, 2.45) is 0 Å². The van der Waals surface area contributed by atoms with Crippen LogP contribution in [-0.4, -0.2) is 12.9 Å². The lowest BCUT2D eigenvalue weighted by atomic mass is 10.3. The SMILES string of the molecule is COc1ccc(SCC#N)cc1Cl. The van der Waals surface area contributed by atoms with Gasteiger partial charge in [-0.2, -0.15) is 5.26 Å². The highest BCUT2D eigenvalue weighted by atomic mass is 35.5. The van der Waals surface area contributed by atoms with E-state index in [9.17, 15) is 0 Å². The number of rotatable bonds is 3. The van der Waals surface area contributed by atoms with Gasteiger partial charge in [0, 0.05) is 4.90 Å². The molecule has 4 heteroatoms. The summed E-state index contributed by atoms with van der Waals surface area (Å²) in [5.74, 6) is 1.09. The molecule has 0 unspecified atom stereocenters. The molecule has 0 amide bonds. The Hall–Kier alpha value is -0.850. The van der Waals surface area contributed by atoms with Gasteiger partial charge in [-0.15, -0.1) is 11.8 Å². The van der Waals surface area contributed by atoms with Gasteiger partial charge in [0.25, 0.3) is 0 Å². The van der Waals surface area contributed by atoms with E-state index < -0.39 is 0 Å². The molecule has 68 valence electrons. The van der Waals surface area contributed by atoms with Crippen molar-refractivity contribution in [2.45, 2.75) is 4.90 Å². The largest absolute Gasteiger partial charge is 0.495 e. The molecule has 1 aromatic carbocycles. The Morgan fingerprint density at radius 1 is 1.62 bits per heavy atom. The van der Waals surface area contributed by atoms with Gasteiger partial charge in [0.1, 0.15) is 5.75 Å². The van der Waals surface area contributed by atoms with Gasteiger partial charge in [0.2, 0.25) is 0 Å². The average molecular weight is 214 g/mol. The first-order valence-corrected chi connectivity index (χ1v) is 4.97. The first-order chi connectivity index (χ1) is 6.27. The lowest BCUT2D eigenvalue weighted by molar-refractivity contribution is 0.414. The molecule has 0 heterocycles. The van der Waals surface area contributed by atoms with Crippen molar-refractivity contribution in [1.82, 2.24) is 0 Å². The summed E-state index contributed by atoms with van der Waals surface area (Å²) in [5, 5.41) is 8.94. The van der Waals surface area contributed by atoms with Crippen LogP contribution in [0.4, 0.5) is 0 Å². The molecule has 13 heavy (non-hydrogen) atoms. The van der Waals surface area contributed by atoms with Crippen LogP contribution in [-0.2, 0) is 0 Å². The zero-order chi connectivity index (χ0) is 9.68. The van der Waals surface area contributed by atoms with Crippen molar-refractivity contribution < 1.29 is 4.74 Å². The number of nitrogens with zero attached hydrogens (tertiary/aromatic N) is 1. The molecule has 0 aliphatic rings. The molecule has 0 bridgehead atoms. The Morgan fingerprint density at radius 3 is 2.92 bits per heavy atom. The van der Waals surface area contributed by atoms with Crippen LogP contribution in [0.5, 0.6) is 5.75 Å². The van der Waals surface area contributed by atoms with E-state index in [1.807, 2.05) is 6.07 Å². The summed E-state index contributed by atoms with van der Waals surface area (Å²) in [6, 6.07) is 7.52. The van der Waals surface area contributed by atoms with E-state index in [1.165, 1.54) is 11.8 Å². The summed E-state index contributed by atoms with van der Waals surface area (Å²) >= 11 is 7.34. The fraction of sp³-hybridized carbons (Fsp3) is 0.222. The molecule has 1 rings (SSSR count). The van der Waals surface area contributed by atoms with Crippen LogP contribution in [0.15, 0.2) is 23.1 Å². The quantitative estimate of drug-likeness (QED) is 0.724. The molecular weight excluding hydrogens is 206 g/mol. The maximum Gasteiger partial charge on any atom is 0.137 e. The van der Waals surface area contributed by atoms with E-state index in [-0.39, 0.29) is 0 Å². The lowest BCUT2D eigenvalue weighted by Gasteiger charge is -2.03. The zero-order valence-electron chi connectivity index (χ0n) is 7.08. The molecule has 0 saturated heterocycles. The summed E-state index contributed by atoms with van der Waals surface area (Å²) in [6.45, 7) is 0. The van der Waals surface area contributed by atoms with Crippen LogP contribution >= 0.6 is 23.4 Å². The van der Waals surface area contributed by atoms with Gasteiger partial charge in [0.15, 0.2) is 0 Å². The van der Waals surface area contributed by atoms with Crippen LogP contribution in [0.25, 0.3) is 0 Å². The van der Waals surface area contributed by atoms with E-state index in [4.69, 9.17) is 21.6 Å². The first-order valence-electron chi connectivity index (χ1n) is 3.61. The molecule has 0 saturated carbocycles. The Kier molecular flexibility index (Phi) is 3.94. The minimum absolute atomic E-state index is 0.433. The highest BCUT2D eigenvalue weighted by molar-refractivity contribution is 7.99. The van der Waals surface area contributed by atoms with Crippen molar-refractivity contribution >= 4 is 23.4 Å². The zero-order valence-corrected chi connectivity index (χ0v) is 8.65. The molecular formula is C9H8ClNOS. The summed E-state index contributed by atoms with van der Waals surface area (Å²) in [7, 11) is 1.57. The van der Waals surface area contributed by atoms with Crippen LogP contribution in [0.3, 0.4) is 0 Å². The van der Waals surface area contributed by atoms with Gasteiger partial charge in [-0.1, -0.05) is 11.6 Å². The van der Waals surface area contributed by atoms with E-state index in [0.717, 1.165) is 4.90 Å². The number of methoxy groups -OCH3 is 1. The number of thioether (sulfide) groups is 1. The first kappa shape index (κ1) is 10.2. The number of nitriles is 1. The lowest BCUT2D eigenvalue weighted by Crippen LogP contribution is -1.84. The Balaban J connectivity index is 2.78. The molecule has 0 radical (unpaired) electrons. The van der Waals surface area contributed by atoms with Gasteiger partial charge in [-0.25, -0.2) is 0 Å². The van der Waals surface area contributed by atoms with Crippen molar-refractivity contribution in [1.29, 1.82) is 5.26 Å². The molecule has 2 nitrogen and oxygen atoms in total. The van der Waals surface area contributed by atoms with Crippen LogP contribution in [0, 0.1) is 11.3 Å². The predicted octanol–water partition coefficient (Wildman–Crippen LogP) is 2.96. The third-order valence-corrected chi connectivity index (χ3v) is 2.58. The minimum Gasteiger partial charge on any atom is -0.495 e. The molecule has 0 aromatic heterocycles. The Bertz CT molecular complexity index is 335. The maximum atomic E-state index is 8.37. The van der Waals surface area contributed by atoms with Crippen LogP contribution in [0.1, 0.15) is 0 Å². The van der Waals surface area contributed by atoms with E-state index in [1.54, 1.807) is 19.2 Å². The minimum atomic E-state index is 0.433. The normalized spacial score (nSPS) is 9.31. The molecule has 0 aliphatic heterocycles. The fourth-order valence-electron chi connectivity index (χ4n) is 0.853. The van der Waals surface area contributed by atoms with Crippen LogP contribution in [0.2, 0.25) is 5.02 Å². The predicted molar refractivity (Wildman–Crippen MR) is 54.3 cm³/mol. The smallest absolute Gasteiger partial charge is 0.137 e. The molecule has 1 aromatic rings. The van der Waals surface area contributed by atoms with E-state index in [2.05, 4.69) is 6.07 Å². The molecule has 0 fully saturated rings. The number of benzene rings is 1. The van der Waals surface area contributed by atoms with Crippen LogP contribution < -0.4 is 4.74 Å². The van der Waals surface area contributed by atoms with Crippen molar-refractivity contribution in [3.8, 4) is 11.8 Å². The topological polar surface area (TPSA) is 33.0 Å². The summed E-state index contributed by atoms with van der Waals surface area (Å²) in [4.78, 5) is 0.979. The second-order valence-electron chi connectivity index (χ2n) is 2.24. The molecule has 0 aliphatic carbocycles. The van der Waals surface area contributed by atoms with E-state index >= 15 is 0 Å². The van der Waals surface area contributed by atoms with Gasteiger partial charge in [0.05, 0.1) is 24.0 Å².